The van der Waals surface area contributed by atoms with Crippen molar-refractivity contribution >= 4 is 42.4 Å². The molecular formula is C23H20N2O3S2. The summed E-state index contributed by atoms with van der Waals surface area (Å²) in [5.74, 6) is -0.292. The molecule has 0 aliphatic carbocycles. The smallest absolute Gasteiger partial charge is 0.260 e. The lowest BCUT2D eigenvalue weighted by Crippen LogP contribution is -2.30. The average Bonchev–Trinajstić information content (AvgIpc) is 3.14. The molecule has 7 heteroatoms. The highest BCUT2D eigenvalue weighted by Gasteiger charge is 2.23. The summed E-state index contributed by atoms with van der Waals surface area (Å²) in [4.78, 5) is 19.9. The number of rotatable bonds is 5. The van der Waals surface area contributed by atoms with E-state index >= 15 is 0 Å². The number of carbonyl (C=O) groups is 1. The van der Waals surface area contributed by atoms with E-state index in [-0.39, 0.29) is 10.8 Å². The van der Waals surface area contributed by atoms with Crippen molar-refractivity contribution < 1.29 is 13.2 Å². The fourth-order valence-corrected chi connectivity index (χ4v) is 4.87. The predicted octanol–water partition coefficient (Wildman–Crippen LogP) is 4.86. The van der Waals surface area contributed by atoms with Crippen LogP contribution in [0.5, 0.6) is 0 Å². The first-order valence-electron chi connectivity index (χ1n) is 9.34. The van der Waals surface area contributed by atoms with Gasteiger partial charge in [0, 0.05) is 11.8 Å². The third-order valence-electron chi connectivity index (χ3n) is 4.70. The summed E-state index contributed by atoms with van der Waals surface area (Å²) >= 11 is 1.45. The lowest BCUT2D eigenvalue weighted by atomic mass is 10.1. The van der Waals surface area contributed by atoms with Crippen LogP contribution in [0, 0.1) is 6.92 Å². The summed E-state index contributed by atoms with van der Waals surface area (Å²) in [6.07, 6.45) is 1.13. The van der Waals surface area contributed by atoms with Gasteiger partial charge in [-0.15, -0.1) is 0 Å². The van der Waals surface area contributed by atoms with Gasteiger partial charge in [-0.05, 0) is 48.4 Å². The number of anilines is 1. The van der Waals surface area contributed by atoms with Gasteiger partial charge < -0.3 is 0 Å². The number of aryl methyl sites for hydroxylation is 1. The average molecular weight is 437 g/mol. The molecule has 0 radical (unpaired) electrons. The van der Waals surface area contributed by atoms with E-state index in [1.165, 1.54) is 23.5 Å². The SMILES string of the molecule is Cc1ccc2nc(N(Cc3ccccc3)C(=O)c3cccc(S(C)(=O)=O)c3)sc2c1. The fraction of sp³-hybridized carbons (Fsp3) is 0.130. The molecule has 0 N–H and O–H groups in total. The number of thiazole rings is 1. The number of sulfone groups is 1. The maximum atomic E-state index is 13.5. The number of benzene rings is 3. The number of hydrogen-bond acceptors (Lipinski definition) is 5. The van der Waals surface area contributed by atoms with Crippen molar-refractivity contribution in [3.05, 3.63) is 89.5 Å². The van der Waals surface area contributed by atoms with Gasteiger partial charge in [0.05, 0.1) is 21.7 Å². The molecule has 0 saturated heterocycles. The molecule has 0 unspecified atom stereocenters. The normalized spacial score (nSPS) is 11.5. The maximum absolute atomic E-state index is 13.5. The van der Waals surface area contributed by atoms with Crippen molar-refractivity contribution in [1.29, 1.82) is 0 Å². The molecule has 0 saturated carbocycles. The van der Waals surface area contributed by atoms with Crippen molar-refractivity contribution in [1.82, 2.24) is 4.98 Å². The van der Waals surface area contributed by atoms with Gasteiger partial charge in [-0.1, -0.05) is 53.8 Å². The molecule has 1 aromatic heterocycles. The molecule has 30 heavy (non-hydrogen) atoms. The van der Waals surface area contributed by atoms with Gasteiger partial charge >= 0.3 is 0 Å². The third-order valence-corrected chi connectivity index (χ3v) is 6.85. The summed E-state index contributed by atoms with van der Waals surface area (Å²) in [6.45, 7) is 2.35. The van der Waals surface area contributed by atoms with Crippen LogP contribution in [0.15, 0.2) is 77.7 Å². The Bertz CT molecular complexity index is 1330. The van der Waals surface area contributed by atoms with E-state index in [2.05, 4.69) is 4.98 Å². The maximum Gasteiger partial charge on any atom is 0.260 e. The highest BCUT2D eigenvalue weighted by molar-refractivity contribution is 7.90. The number of hydrogen-bond donors (Lipinski definition) is 0. The second kappa shape index (κ2) is 8.01. The molecule has 3 aromatic carbocycles. The van der Waals surface area contributed by atoms with Crippen LogP contribution in [0.25, 0.3) is 10.2 Å². The molecule has 1 amide bonds. The van der Waals surface area contributed by atoms with Gasteiger partial charge in [0.1, 0.15) is 0 Å². The molecule has 4 aromatic rings. The summed E-state index contributed by atoms with van der Waals surface area (Å²) < 4.78 is 24.9. The summed E-state index contributed by atoms with van der Waals surface area (Å²) in [5, 5.41) is 0.578. The number of nitrogens with zero attached hydrogens (tertiary/aromatic N) is 2. The van der Waals surface area contributed by atoms with Crippen LogP contribution < -0.4 is 4.90 Å². The Kier molecular flexibility index (Phi) is 5.40. The molecule has 1 heterocycles. The van der Waals surface area contributed by atoms with E-state index in [4.69, 9.17) is 0 Å². The summed E-state index contributed by atoms with van der Waals surface area (Å²) in [7, 11) is -3.42. The minimum absolute atomic E-state index is 0.118. The Balaban J connectivity index is 1.79. The molecule has 5 nitrogen and oxygen atoms in total. The van der Waals surface area contributed by atoms with E-state index < -0.39 is 9.84 Å². The molecular weight excluding hydrogens is 416 g/mol. The molecule has 0 bridgehead atoms. The second-order valence-electron chi connectivity index (χ2n) is 7.14. The first-order valence-corrected chi connectivity index (χ1v) is 12.1. The Morgan fingerprint density at radius 2 is 1.77 bits per heavy atom. The molecule has 0 aliphatic rings. The second-order valence-corrected chi connectivity index (χ2v) is 10.2. The van der Waals surface area contributed by atoms with Crippen LogP contribution in [-0.4, -0.2) is 25.6 Å². The molecule has 0 aliphatic heterocycles. The van der Waals surface area contributed by atoms with E-state index in [1.807, 2.05) is 55.5 Å². The van der Waals surface area contributed by atoms with Crippen LogP contribution >= 0.6 is 11.3 Å². The van der Waals surface area contributed by atoms with Gasteiger partial charge in [0.25, 0.3) is 5.91 Å². The Labute approximate surface area is 179 Å². The number of fused-ring (bicyclic) bond motifs is 1. The highest BCUT2D eigenvalue weighted by atomic mass is 32.2. The Hall–Kier alpha value is -3.03. The zero-order chi connectivity index (χ0) is 21.3. The molecule has 0 atom stereocenters. The monoisotopic (exact) mass is 436 g/mol. The highest BCUT2D eigenvalue weighted by Crippen LogP contribution is 2.31. The van der Waals surface area contributed by atoms with Crippen molar-refractivity contribution in [2.75, 3.05) is 11.2 Å². The third kappa shape index (κ3) is 4.27. The van der Waals surface area contributed by atoms with Gasteiger partial charge in [-0.25, -0.2) is 13.4 Å². The van der Waals surface area contributed by atoms with Gasteiger partial charge in [0.2, 0.25) is 0 Å². The lowest BCUT2D eigenvalue weighted by Gasteiger charge is -2.20. The number of amides is 1. The van der Waals surface area contributed by atoms with Crippen molar-refractivity contribution in [3.63, 3.8) is 0 Å². The topological polar surface area (TPSA) is 67.3 Å². The van der Waals surface area contributed by atoms with Crippen molar-refractivity contribution in [3.8, 4) is 0 Å². The van der Waals surface area contributed by atoms with Crippen LogP contribution in [0.2, 0.25) is 0 Å². The zero-order valence-corrected chi connectivity index (χ0v) is 18.2. The number of aromatic nitrogens is 1. The van der Waals surface area contributed by atoms with Gasteiger partial charge in [0.15, 0.2) is 15.0 Å². The van der Waals surface area contributed by atoms with Crippen LogP contribution in [0.1, 0.15) is 21.5 Å². The summed E-state index contributed by atoms with van der Waals surface area (Å²) in [5.41, 5.74) is 3.22. The zero-order valence-electron chi connectivity index (χ0n) is 16.6. The van der Waals surface area contributed by atoms with Crippen LogP contribution in [0.3, 0.4) is 0 Å². The summed E-state index contributed by atoms with van der Waals surface area (Å²) in [6, 6.07) is 21.8. The van der Waals surface area contributed by atoms with Gasteiger partial charge in [-0.3, -0.25) is 9.69 Å². The Morgan fingerprint density at radius 1 is 1.00 bits per heavy atom. The number of carbonyl (C=O) groups excluding carboxylic acids is 1. The quantitative estimate of drug-likeness (QED) is 0.448. The lowest BCUT2D eigenvalue weighted by molar-refractivity contribution is 0.0985. The first kappa shape index (κ1) is 20.3. The molecule has 4 rings (SSSR count). The van der Waals surface area contributed by atoms with E-state index in [9.17, 15) is 13.2 Å². The fourth-order valence-electron chi connectivity index (χ4n) is 3.14. The minimum Gasteiger partial charge on any atom is -0.279 e. The molecule has 0 spiro atoms. The molecule has 0 fully saturated rings. The van der Waals surface area contributed by atoms with Crippen molar-refractivity contribution in [2.24, 2.45) is 0 Å². The largest absolute Gasteiger partial charge is 0.279 e. The van der Waals surface area contributed by atoms with Crippen LogP contribution in [0.4, 0.5) is 5.13 Å². The van der Waals surface area contributed by atoms with E-state index in [0.717, 1.165) is 27.6 Å². The molecule has 152 valence electrons. The van der Waals surface area contributed by atoms with Crippen LogP contribution in [-0.2, 0) is 16.4 Å². The van der Waals surface area contributed by atoms with E-state index in [1.54, 1.807) is 17.0 Å². The standard InChI is InChI=1S/C23H20N2O3S2/c1-16-11-12-20-21(13-16)29-23(24-20)25(15-17-7-4-3-5-8-17)22(26)18-9-6-10-19(14-18)30(2,27)28/h3-14H,15H2,1-2H3. The van der Waals surface area contributed by atoms with E-state index in [0.29, 0.717) is 17.2 Å². The minimum atomic E-state index is -3.42. The Morgan fingerprint density at radius 3 is 2.50 bits per heavy atom. The van der Waals surface area contributed by atoms with Crippen molar-refractivity contribution in [2.45, 2.75) is 18.4 Å². The predicted molar refractivity (Wildman–Crippen MR) is 121 cm³/mol. The van der Waals surface area contributed by atoms with Gasteiger partial charge in [-0.2, -0.15) is 0 Å². The first-order chi connectivity index (χ1) is 14.3.